The highest BCUT2D eigenvalue weighted by molar-refractivity contribution is 7.92. The summed E-state index contributed by atoms with van der Waals surface area (Å²) in [6, 6.07) is 0. The van der Waals surface area contributed by atoms with Crippen molar-refractivity contribution in [3.8, 4) is 0 Å². The molecule has 0 bridgehead atoms. The fourth-order valence-electron chi connectivity index (χ4n) is 1.54. The van der Waals surface area contributed by atoms with Crippen LogP contribution in [-0.4, -0.2) is 35.9 Å². The number of aromatic amines is 1. The zero-order chi connectivity index (χ0) is 14.0. The number of nitrogens with one attached hydrogen (secondary N) is 3. The van der Waals surface area contributed by atoms with Gasteiger partial charge in [0.2, 0.25) is 10.2 Å². The van der Waals surface area contributed by atoms with Crippen LogP contribution in [0.25, 0.3) is 0 Å². The highest BCUT2D eigenvalue weighted by atomic mass is 32.2. The van der Waals surface area contributed by atoms with E-state index >= 15 is 0 Å². The maximum Gasteiger partial charge on any atom is 0.283 e. The van der Waals surface area contributed by atoms with Crippen molar-refractivity contribution < 1.29 is 8.42 Å². The first-order valence-corrected chi connectivity index (χ1v) is 7.75. The predicted molar refractivity (Wildman–Crippen MR) is 71.5 cm³/mol. The van der Waals surface area contributed by atoms with Crippen LogP contribution in [0.5, 0.6) is 0 Å². The molecular weight excluding hydrogens is 288 g/mol. The van der Waals surface area contributed by atoms with E-state index in [-0.39, 0.29) is 10.2 Å². The molecule has 19 heavy (non-hydrogen) atoms. The fraction of sp³-hybridized carbons (Fsp3) is 0.444. The van der Waals surface area contributed by atoms with Gasteiger partial charge in [-0.1, -0.05) is 11.3 Å². The minimum atomic E-state index is -3.76. The first-order chi connectivity index (χ1) is 8.94. The van der Waals surface area contributed by atoms with E-state index in [0.29, 0.717) is 22.8 Å². The number of nitrogens with zero attached hydrogens (tertiary/aromatic N) is 3. The summed E-state index contributed by atoms with van der Waals surface area (Å²) in [5.41, 5.74) is 1.32. The summed E-state index contributed by atoms with van der Waals surface area (Å²) in [5, 5.41) is 17.8. The Morgan fingerprint density at radius 1 is 1.32 bits per heavy atom. The molecule has 0 radical (unpaired) electrons. The molecule has 104 valence electrons. The van der Waals surface area contributed by atoms with E-state index in [4.69, 9.17) is 0 Å². The molecule has 0 fully saturated rings. The quantitative estimate of drug-likeness (QED) is 0.737. The topological polar surface area (TPSA) is 113 Å². The average Bonchev–Trinajstić information content (AvgIpc) is 2.87. The molecule has 0 aromatic carbocycles. The van der Waals surface area contributed by atoms with Gasteiger partial charge in [0, 0.05) is 17.8 Å². The van der Waals surface area contributed by atoms with Gasteiger partial charge >= 0.3 is 0 Å². The van der Waals surface area contributed by atoms with Gasteiger partial charge in [0.15, 0.2) is 0 Å². The predicted octanol–water partition coefficient (Wildman–Crippen LogP) is 0.398. The Labute approximate surface area is 114 Å². The number of hydrogen-bond donors (Lipinski definition) is 3. The second-order valence-corrected chi connectivity index (χ2v) is 6.67. The lowest BCUT2D eigenvalue weighted by Crippen LogP contribution is -2.17. The Kier molecular flexibility index (Phi) is 3.83. The summed E-state index contributed by atoms with van der Waals surface area (Å²) >= 11 is 1.17. The van der Waals surface area contributed by atoms with Crippen LogP contribution in [0, 0.1) is 13.8 Å². The molecule has 0 unspecified atom stereocenters. The minimum absolute atomic E-state index is 0.0211. The second-order valence-electron chi connectivity index (χ2n) is 3.89. The first-order valence-electron chi connectivity index (χ1n) is 5.45. The maximum atomic E-state index is 12.2. The summed E-state index contributed by atoms with van der Waals surface area (Å²) < 4.78 is 26.8. The van der Waals surface area contributed by atoms with Gasteiger partial charge in [0.25, 0.3) is 10.0 Å². The highest BCUT2D eigenvalue weighted by Crippen LogP contribution is 2.21. The van der Waals surface area contributed by atoms with Gasteiger partial charge in [-0.05, 0) is 20.9 Å². The molecule has 2 heterocycles. The zero-order valence-electron chi connectivity index (χ0n) is 10.7. The molecular formula is C9H14N6O2S2. The lowest BCUT2D eigenvalue weighted by molar-refractivity contribution is 0.595. The van der Waals surface area contributed by atoms with Crippen molar-refractivity contribution in [2.24, 2.45) is 0 Å². The molecule has 0 atom stereocenters. The second kappa shape index (κ2) is 5.23. The van der Waals surface area contributed by atoms with Crippen LogP contribution in [0.4, 0.5) is 5.13 Å². The van der Waals surface area contributed by atoms with Crippen molar-refractivity contribution in [2.75, 3.05) is 11.8 Å². The monoisotopic (exact) mass is 302 g/mol. The van der Waals surface area contributed by atoms with Crippen molar-refractivity contribution in [3.63, 3.8) is 0 Å². The first kappa shape index (κ1) is 13.9. The Balaban J connectivity index is 2.34. The molecule has 8 nitrogen and oxygen atoms in total. The highest BCUT2D eigenvalue weighted by Gasteiger charge is 2.24. The number of rotatable bonds is 5. The number of anilines is 1. The van der Waals surface area contributed by atoms with E-state index in [1.807, 2.05) is 0 Å². The van der Waals surface area contributed by atoms with Crippen molar-refractivity contribution >= 4 is 26.5 Å². The molecule has 10 heteroatoms. The fourth-order valence-corrected chi connectivity index (χ4v) is 3.56. The van der Waals surface area contributed by atoms with Gasteiger partial charge in [-0.2, -0.15) is 13.5 Å². The Hall–Kier alpha value is -1.52. The van der Waals surface area contributed by atoms with Crippen LogP contribution < -0.4 is 10.0 Å². The number of H-pyrrole nitrogens is 1. The summed E-state index contributed by atoms with van der Waals surface area (Å²) in [5.74, 6) is 0. The summed E-state index contributed by atoms with van der Waals surface area (Å²) in [7, 11) is -2.02. The molecule has 0 saturated heterocycles. The molecule has 0 amide bonds. The number of sulfonamides is 1. The number of aryl methyl sites for hydroxylation is 2. The van der Waals surface area contributed by atoms with E-state index in [2.05, 4.69) is 30.4 Å². The molecule has 0 aliphatic heterocycles. The van der Waals surface area contributed by atoms with Gasteiger partial charge < -0.3 is 5.32 Å². The lowest BCUT2D eigenvalue weighted by atomic mass is 10.3. The van der Waals surface area contributed by atoms with E-state index < -0.39 is 10.0 Å². The van der Waals surface area contributed by atoms with Gasteiger partial charge in [-0.25, -0.2) is 0 Å². The molecule has 0 spiro atoms. The SMILES string of the molecule is CNCc1c(S(=O)(=O)Nc2nnc(C)s2)n[nH]c1C. The van der Waals surface area contributed by atoms with Crippen molar-refractivity contribution in [2.45, 2.75) is 25.4 Å². The van der Waals surface area contributed by atoms with Crippen LogP contribution in [0.1, 0.15) is 16.3 Å². The van der Waals surface area contributed by atoms with Crippen LogP contribution in [-0.2, 0) is 16.6 Å². The molecule has 0 saturated carbocycles. The molecule has 3 N–H and O–H groups in total. The minimum Gasteiger partial charge on any atom is -0.316 e. The zero-order valence-corrected chi connectivity index (χ0v) is 12.3. The summed E-state index contributed by atoms with van der Waals surface area (Å²) in [6.45, 7) is 3.93. The smallest absolute Gasteiger partial charge is 0.283 e. The Morgan fingerprint density at radius 2 is 2.05 bits per heavy atom. The standard InChI is InChI=1S/C9H14N6O2S2/c1-5-7(4-10-3)8(13-11-5)19(16,17)15-9-14-12-6(2)18-9/h10H,4H2,1-3H3,(H,11,13)(H,14,15). The van der Waals surface area contributed by atoms with Gasteiger partial charge in [0.05, 0.1) is 0 Å². The largest absolute Gasteiger partial charge is 0.316 e. The molecule has 0 aliphatic carbocycles. The van der Waals surface area contributed by atoms with Crippen molar-refractivity contribution in [1.29, 1.82) is 0 Å². The van der Waals surface area contributed by atoms with E-state index in [1.165, 1.54) is 11.3 Å². The lowest BCUT2D eigenvalue weighted by Gasteiger charge is -2.05. The van der Waals surface area contributed by atoms with Gasteiger partial charge in [-0.15, -0.1) is 10.2 Å². The molecule has 2 rings (SSSR count). The average molecular weight is 302 g/mol. The van der Waals surface area contributed by atoms with E-state index in [0.717, 1.165) is 0 Å². The van der Waals surface area contributed by atoms with Crippen LogP contribution in [0.3, 0.4) is 0 Å². The van der Waals surface area contributed by atoms with Crippen LogP contribution in [0.2, 0.25) is 0 Å². The van der Waals surface area contributed by atoms with Crippen molar-refractivity contribution in [3.05, 3.63) is 16.3 Å². The third kappa shape index (κ3) is 2.91. The molecule has 2 aromatic heterocycles. The van der Waals surface area contributed by atoms with E-state index in [1.54, 1.807) is 20.9 Å². The van der Waals surface area contributed by atoms with E-state index in [9.17, 15) is 8.42 Å². The normalized spacial score (nSPS) is 11.7. The third-order valence-corrected chi connectivity index (χ3v) is 4.58. The molecule has 2 aromatic rings. The number of hydrogen-bond acceptors (Lipinski definition) is 7. The Morgan fingerprint density at radius 3 is 2.63 bits per heavy atom. The van der Waals surface area contributed by atoms with Crippen LogP contribution in [0.15, 0.2) is 5.03 Å². The maximum absolute atomic E-state index is 12.2. The summed E-state index contributed by atoms with van der Waals surface area (Å²) in [6.07, 6.45) is 0. The molecule has 0 aliphatic rings. The number of aromatic nitrogens is 4. The van der Waals surface area contributed by atoms with Gasteiger partial charge in [0.1, 0.15) is 5.01 Å². The van der Waals surface area contributed by atoms with Crippen molar-refractivity contribution in [1.82, 2.24) is 25.7 Å². The third-order valence-electron chi connectivity index (χ3n) is 2.39. The van der Waals surface area contributed by atoms with Crippen LogP contribution >= 0.6 is 11.3 Å². The van der Waals surface area contributed by atoms with Gasteiger partial charge in [-0.3, -0.25) is 9.82 Å². The Bertz CT molecular complexity index is 675. The summed E-state index contributed by atoms with van der Waals surface area (Å²) in [4.78, 5) is 0.